The SMILES string of the molecule is COC(=O)c1cccc(O)c1C(=O)c1c(O)cc(C(=O)NC2CCCNCC2NC(=O)c2ccc(O)cc2)cc1O. The zero-order valence-corrected chi connectivity index (χ0v) is 22.0. The van der Waals surface area contributed by atoms with Crippen molar-refractivity contribution in [1.29, 1.82) is 0 Å². The number of benzene rings is 3. The Morgan fingerprint density at radius 2 is 1.44 bits per heavy atom. The highest BCUT2D eigenvalue weighted by Crippen LogP contribution is 2.34. The summed E-state index contributed by atoms with van der Waals surface area (Å²) in [5, 5.41) is 50.0. The number of rotatable bonds is 7. The number of phenolic OH excluding ortho intramolecular Hbond substituents is 4. The standard InChI is InChI=1S/C29H29N3O9/c1-41-29(40)18-4-2-6-21(34)24(18)26(37)25-22(35)12-16(13-23(25)36)28(39)31-19-5-3-11-30-14-20(19)32-27(38)15-7-9-17(33)10-8-15/h2,4,6-10,12-13,19-20,30,33-36H,3,5,11,14H2,1H3,(H,31,39)(H,32,38). The summed E-state index contributed by atoms with van der Waals surface area (Å²) in [6.45, 7) is 1.03. The number of methoxy groups -OCH3 is 1. The van der Waals surface area contributed by atoms with Crippen molar-refractivity contribution in [2.24, 2.45) is 0 Å². The van der Waals surface area contributed by atoms with Gasteiger partial charge in [-0.15, -0.1) is 0 Å². The van der Waals surface area contributed by atoms with Gasteiger partial charge in [0.1, 0.15) is 28.6 Å². The van der Waals surface area contributed by atoms with Gasteiger partial charge in [0.15, 0.2) is 0 Å². The third-order valence-corrected chi connectivity index (χ3v) is 6.74. The molecule has 12 heteroatoms. The molecule has 2 unspecified atom stereocenters. The summed E-state index contributed by atoms with van der Waals surface area (Å²) in [5.74, 6) is -5.10. The second kappa shape index (κ2) is 12.4. The van der Waals surface area contributed by atoms with Crippen molar-refractivity contribution in [3.63, 3.8) is 0 Å². The summed E-state index contributed by atoms with van der Waals surface area (Å²) in [6.07, 6.45) is 1.21. The molecule has 7 N–H and O–H groups in total. The normalized spacial score (nSPS) is 16.7. The molecule has 3 aromatic carbocycles. The smallest absolute Gasteiger partial charge is 0.338 e. The van der Waals surface area contributed by atoms with E-state index in [1.165, 1.54) is 36.4 Å². The Bertz CT molecular complexity index is 1460. The maximum absolute atomic E-state index is 13.2. The summed E-state index contributed by atoms with van der Waals surface area (Å²) in [4.78, 5) is 51.3. The Labute approximate surface area is 234 Å². The van der Waals surface area contributed by atoms with Crippen molar-refractivity contribution in [1.82, 2.24) is 16.0 Å². The van der Waals surface area contributed by atoms with Crippen LogP contribution in [0.15, 0.2) is 54.6 Å². The molecule has 1 fully saturated rings. The first-order chi connectivity index (χ1) is 19.6. The van der Waals surface area contributed by atoms with Crippen LogP contribution < -0.4 is 16.0 Å². The molecule has 0 spiro atoms. The largest absolute Gasteiger partial charge is 0.508 e. The monoisotopic (exact) mass is 563 g/mol. The van der Waals surface area contributed by atoms with E-state index in [0.29, 0.717) is 31.5 Å². The highest BCUT2D eigenvalue weighted by atomic mass is 16.5. The van der Waals surface area contributed by atoms with Crippen LogP contribution in [0.2, 0.25) is 0 Å². The zero-order valence-electron chi connectivity index (χ0n) is 22.0. The number of esters is 1. The molecular formula is C29H29N3O9. The number of carbonyl (C=O) groups is 4. The Kier molecular flexibility index (Phi) is 8.73. The van der Waals surface area contributed by atoms with E-state index in [1.54, 1.807) is 0 Å². The minimum Gasteiger partial charge on any atom is -0.508 e. The molecule has 0 saturated carbocycles. The summed E-state index contributed by atoms with van der Waals surface area (Å²) < 4.78 is 4.65. The number of aromatic hydroxyl groups is 4. The third-order valence-electron chi connectivity index (χ3n) is 6.74. The van der Waals surface area contributed by atoms with Gasteiger partial charge in [0, 0.05) is 17.7 Å². The Morgan fingerprint density at radius 3 is 2.10 bits per heavy atom. The Balaban J connectivity index is 1.56. The summed E-state index contributed by atoms with van der Waals surface area (Å²) in [7, 11) is 1.09. The summed E-state index contributed by atoms with van der Waals surface area (Å²) >= 11 is 0. The summed E-state index contributed by atoms with van der Waals surface area (Å²) in [6, 6.07) is 10.4. The molecule has 3 aromatic rings. The molecule has 4 rings (SSSR count). The molecule has 1 aliphatic heterocycles. The molecule has 1 saturated heterocycles. The number of nitrogens with one attached hydrogen (secondary N) is 3. The average Bonchev–Trinajstić information content (AvgIpc) is 3.16. The number of hydrogen-bond donors (Lipinski definition) is 7. The molecular weight excluding hydrogens is 534 g/mol. The van der Waals surface area contributed by atoms with Crippen LogP contribution in [0, 0.1) is 0 Å². The molecule has 2 atom stereocenters. The molecule has 0 radical (unpaired) electrons. The van der Waals surface area contributed by atoms with E-state index in [0.717, 1.165) is 25.3 Å². The minimum atomic E-state index is -1.06. The van der Waals surface area contributed by atoms with Crippen LogP contribution in [0.5, 0.6) is 23.0 Å². The van der Waals surface area contributed by atoms with Crippen LogP contribution in [0.25, 0.3) is 0 Å². The van der Waals surface area contributed by atoms with Gasteiger partial charge >= 0.3 is 5.97 Å². The molecule has 214 valence electrons. The topological polar surface area (TPSA) is 195 Å². The lowest BCUT2D eigenvalue weighted by Gasteiger charge is -2.27. The van der Waals surface area contributed by atoms with Crippen molar-refractivity contribution in [2.45, 2.75) is 24.9 Å². The fourth-order valence-corrected chi connectivity index (χ4v) is 4.65. The van der Waals surface area contributed by atoms with E-state index in [-0.39, 0.29) is 16.9 Å². The molecule has 0 bridgehead atoms. The lowest BCUT2D eigenvalue weighted by molar-refractivity contribution is 0.0596. The second-order valence-corrected chi connectivity index (χ2v) is 9.46. The van der Waals surface area contributed by atoms with Gasteiger partial charge < -0.3 is 41.1 Å². The van der Waals surface area contributed by atoms with E-state index in [9.17, 15) is 39.6 Å². The Hall–Kier alpha value is -5.10. The van der Waals surface area contributed by atoms with Gasteiger partial charge in [0.2, 0.25) is 5.78 Å². The quantitative estimate of drug-likeness (QED) is 0.165. The van der Waals surface area contributed by atoms with Gasteiger partial charge in [0.25, 0.3) is 11.8 Å². The first-order valence-electron chi connectivity index (χ1n) is 12.7. The molecule has 2 amide bonds. The van der Waals surface area contributed by atoms with Crippen LogP contribution in [0.4, 0.5) is 0 Å². The number of hydrogen-bond acceptors (Lipinski definition) is 10. The lowest BCUT2D eigenvalue weighted by atomic mass is 9.95. The van der Waals surface area contributed by atoms with Crippen LogP contribution in [0.1, 0.15) is 59.8 Å². The predicted octanol–water partition coefficient (Wildman–Crippen LogP) is 1.81. The van der Waals surface area contributed by atoms with Gasteiger partial charge in [-0.3, -0.25) is 14.4 Å². The van der Waals surface area contributed by atoms with Gasteiger partial charge in [0.05, 0.1) is 30.3 Å². The van der Waals surface area contributed by atoms with Crippen LogP contribution >= 0.6 is 0 Å². The van der Waals surface area contributed by atoms with Crippen LogP contribution in [0.3, 0.4) is 0 Å². The fraction of sp³-hybridized carbons (Fsp3) is 0.241. The van der Waals surface area contributed by atoms with Crippen LogP contribution in [-0.4, -0.2) is 76.3 Å². The van der Waals surface area contributed by atoms with Gasteiger partial charge in [-0.05, 0) is 67.9 Å². The summed E-state index contributed by atoms with van der Waals surface area (Å²) in [5.41, 5.74) is -1.22. The van der Waals surface area contributed by atoms with Gasteiger partial charge in [-0.25, -0.2) is 4.79 Å². The number of ether oxygens (including phenoxy) is 1. The third kappa shape index (κ3) is 6.39. The maximum Gasteiger partial charge on any atom is 0.338 e. The van der Waals surface area contributed by atoms with E-state index < -0.39 is 64.0 Å². The molecule has 1 heterocycles. The zero-order chi connectivity index (χ0) is 29.7. The van der Waals surface area contributed by atoms with E-state index >= 15 is 0 Å². The highest BCUT2D eigenvalue weighted by Gasteiger charge is 2.30. The number of amides is 2. The number of phenols is 4. The molecule has 41 heavy (non-hydrogen) atoms. The van der Waals surface area contributed by atoms with E-state index in [4.69, 9.17) is 0 Å². The van der Waals surface area contributed by atoms with Crippen molar-refractivity contribution in [2.75, 3.05) is 20.2 Å². The highest BCUT2D eigenvalue weighted by molar-refractivity contribution is 6.18. The molecule has 0 aliphatic carbocycles. The molecule has 0 aromatic heterocycles. The van der Waals surface area contributed by atoms with E-state index in [1.807, 2.05) is 0 Å². The second-order valence-electron chi connectivity index (χ2n) is 9.46. The number of ketones is 1. The van der Waals surface area contributed by atoms with Crippen molar-refractivity contribution < 1.29 is 44.3 Å². The minimum absolute atomic E-state index is 0.0199. The van der Waals surface area contributed by atoms with Gasteiger partial charge in [-0.2, -0.15) is 0 Å². The van der Waals surface area contributed by atoms with Crippen molar-refractivity contribution >= 4 is 23.6 Å². The van der Waals surface area contributed by atoms with Gasteiger partial charge in [-0.1, -0.05) is 6.07 Å². The average molecular weight is 564 g/mol. The first kappa shape index (κ1) is 28.9. The molecule has 12 nitrogen and oxygen atoms in total. The first-order valence-corrected chi connectivity index (χ1v) is 12.7. The van der Waals surface area contributed by atoms with Crippen molar-refractivity contribution in [3.8, 4) is 23.0 Å². The number of carbonyl (C=O) groups excluding carboxylic acids is 4. The molecule has 1 aliphatic rings. The fourth-order valence-electron chi connectivity index (χ4n) is 4.65. The van der Waals surface area contributed by atoms with E-state index in [2.05, 4.69) is 20.7 Å². The Morgan fingerprint density at radius 1 is 0.805 bits per heavy atom. The van der Waals surface area contributed by atoms with Crippen LogP contribution in [-0.2, 0) is 4.74 Å². The van der Waals surface area contributed by atoms with Crippen molar-refractivity contribution in [3.05, 3.63) is 82.4 Å². The maximum atomic E-state index is 13.2. The lowest BCUT2D eigenvalue weighted by Crippen LogP contribution is -2.54. The predicted molar refractivity (Wildman–Crippen MR) is 145 cm³/mol.